The fourth-order valence-electron chi connectivity index (χ4n) is 5.58. The van der Waals surface area contributed by atoms with Crippen LogP contribution in [0.15, 0.2) is 148 Å². The normalized spacial score (nSPS) is 13.5. The van der Waals surface area contributed by atoms with E-state index >= 15 is 0 Å². The van der Waals surface area contributed by atoms with Crippen LogP contribution in [0.1, 0.15) is 8.22 Å². The molecule has 6 aromatic carbocycles. The van der Waals surface area contributed by atoms with E-state index < -0.39 is 0 Å². The van der Waals surface area contributed by atoms with Gasteiger partial charge >= 0.3 is 0 Å². The molecule has 3 heterocycles. The van der Waals surface area contributed by atoms with Crippen molar-refractivity contribution in [1.82, 2.24) is 15.0 Å². The summed E-state index contributed by atoms with van der Waals surface area (Å²) in [6, 6.07) is 29.9. The van der Waals surface area contributed by atoms with Crippen molar-refractivity contribution in [2.45, 2.75) is 0 Å². The Bertz CT molecular complexity index is 2840. The predicted molar refractivity (Wildman–Crippen MR) is 176 cm³/mol. The third kappa shape index (κ3) is 3.91. The van der Waals surface area contributed by atoms with Crippen LogP contribution in [0, 0.1) is 0 Å². The smallest absolute Gasteiger partial charge is 0.167 e. The van der Waals surface area contributed by atoms with E-state index in [-0.39, 0.29) is 81.0 Å². The van der Waals surface area contributed by atoms with Crippen molar-refractivity contribution < 1.29 is 17.1 Å². The molecular formula is C39H23N3O2. The summed E-state index contributed by atoms with van der Waals surface area (Å²) in [6.45, 7) is 0. The van der Waals surface area contributed by atoms with Gasteiger partial charge in [-0.3, -0.25) is 0 Å². The second-order valence-corrected chi connectivity index (χ2v) is 10.3. The molecule has 0 amide bonds. The highest BCUT2D eigenvalue weighted by Gasteiger charge is 2.19. The maximum Gasteiger partial charge on any atom is 0.167 e. The second kappa shape index (κ2) is 9.75. The lowest BCUT2D eigenvalue weighted by molar-refractivity contribution is 0.669. The molecule has 0 N–H and O–H groups in total. The maximum atomic E-state index is 9.38. The van der Waals surface area contributed by atoms with Crippen molar-refractivity contribution in [3.8, 4) is 45.3 Å². The molecule has 9 aromatic rings. The minimum Gasteiger partial charge on any atom is -0.455 e. The fraction of sp³-hybridized carbons (Fsp3) is 0. The van der Waals surface area contributed by atoms with Crippen molar-refractivity contribution in [1.29, 1.82) is 0 Å². The molecule has 0 spiro atoms. The van der Waals surface area contributed by atoms with Gasteiger partial charge in [0.05, 0.1) is 13.8 Å². The van der Waals surface area contributed by atoms with Crippen LogP contribution < -0.4 is 0 Å². The Morgan fingerprint density at radius 1 is 0.432 bits per heavy atom. The Kier molecular flexibility index (Phi) is 4.25. The molecule has 3 aromatic heterocycles. The van der Waals surface area contributed by atoms with E-state index in [2.05, 4.69) is 0 Å². The summed E-state index contributed by atoms with van der Waals surface area (Å²) in [6.07, 6.45) is 0. The second-order valence-electron chi connectivity index (χ2n) is 10.3. The summed E-state index contributed by atoms with van der Waals surface area (Å²) >= 11 is 0. The zero-order valence-corrected chi connectivity index (χ0v) is 23.0. The molecule has 9 rings (SSSR count). The van der Waals surface area contributed by atoms with Crippen molar-refractivity contribution in [2.24, 2.45) is 0 Å². The zero-order valence-electron chi connectivity index (χ0n) is 29.0. The van der Waals surface area contributed by atoms with Gasteiger partial charge in [0.15, 0.2) is 17.5 Å². The zero-order chi connectivity index (χ0) is 34.3. The Morgan fingerprint density at radius 3 is 1.93 bits per heavy atom. The minimum absolute atomic E-state index is 0.00966. The number of para-hydroxylation sites is 3. The van der Waals surface area contributed by atoms with Crippen LogP contribution in [0.4, 0.5) is 0 Å². The van der Waals surface area contributed by atoms with Gasteiger partial charge in [0.2, 0.25) is 0 Å². The Balaban J connectivity index is 1.35. The van der Waals surface area contributed by atoms with Gasteiger partial charge < -0.3 is 8.83 Å². The lowest BCUT2D eigenvalue weighted by atomic mass is 10.0. The quantitative estimate of drug-likeness (QED) is 0.210. The van der Waals surface area contributed by atoms with Gasteiger partial charge in [-0.2, -0.15) is 0 Å². The first-order valence-corrected chi connectivity index (χ1v) is 14.1. The number of benzene rings is 6. The molecule has 0 saturated heterocycles. The molecule has 0 aliphatic heterocycles. The first-order chi connectivity index (χ1) is 24.3. The molecule has 0 saturated carbocycles. The lowest BCUT2D eigenvalue weighted by Crippen LogP contribution is -2.00. The number of hydrogen-bond donors (Lipinski definition) is 0. The molecule has 44 heavy (non-hydrogen) atoms. The van der Waals surface area contributed by atoms with E-state index in [1.807, 2.05) is 78.9 Å². The van der Waals surface area contributed by atoms with Gasteiger partial charge in [-0.05, 0) is 29.8 Å². The number of hydrogen-bond acceptors (Lipinski definition) is 5. The average Bonchev–Trinajstić information content (AvgIpc) is 3.74. The molecule has 0 aliphatic rings. The molecule has 5 heteroatoms. The first-order valence-electron chi connectivity index (χ1n) is 17.1. The average molecular weight is 572 g/mol. The standard InChI is InChI=1S/C39H23N3O2/c1-3-11-24(12-4-1)27-16-9-17-31-29-22-21-26(23-34(29)44-35(27)31)38-40-37(25-13-5-2-6-14-25)41-39(42-38)32-19-10-18-30-28-15-7-8-20-33(28)43-36(30)32/h1-23H/i9D,16D,17D,21D,22D,23D. The van der Waals surface area contributed by atoms with Crippen molar-refractivity contribution in [3.05, 3.63) is 139 Å². The number of nitrogens with zero attached hydrogens (tertiary/aromatic N) is 3. The van der Waals surface area contributed by atoms with Crippen molar-refractivity contribution in [3.63, 3.8) is 0 Å². The van der Waals surface area contributed by atoms with E-state index in [9.17, 15) is 2.74 Å². The van der Waals surface area contributed by atoms with Crippen LogP contribution >= 0.6 is 0 Å². The van der Waals surface area contributed by atoms with Crippen LogP contribution in [0.3, 0.4) is 0 Å². The third-order valence-electron chi connectivity index (χ3n) is 7.66. The maximum absolute atomic E-state index is 9.38. The fourth-order valence-corrected chi connectivity index (χ4v) is 5.58. The molecule has 0 aliphatic carbocycles. The third-order valence-corrected chi connectivity index (χ3v) is 7.66. The summed E-state index contributed by atoms with van der Waals surface area (Å²) < 4.78 is 66.4. The van der Waals surface area contributed by atoms with Gasteiger partial charge in [0.25, 0.3) is 0 Å². The van der Waals surface area contributed by atoms with E-state index in [1.54, 1.807) is 24.3 Å². The van der Waals surface area contributed by atoms with Crippen molar-refractivity contribution in [2.75, 3.05) is 0 Å². The van der Waals surface area contributed by atoms with Gasteiger partial charge in [-0.25, -0.2) is 15.0 Å². The number of fused-ring (bicyclic) bond motifs is 6. The van der Waals surface area contributed by atoms with Gasteiger partial charge in [-0.15, -0.1) is 0 Å². The van der Waals surface area contributed by atoms with E-state index in [0.717, 1.165) is 10.8 Å². The van der Waals surface area contributed by atoms with Crippen LogP contribution in [0.2, 0.25) is 0 Å². The Hall–Kier alpha value is -6.07. The lowest BCUT2D eigenvalue weighted by Gasteiger charge is -2.08. The Labute approximate surface area is 260 Å². The van der Waals surface area contributed by atoms with Gasteiger partial charge in [0.1, 0.15) is 22.3 Å². The highest BCUT2D eigenvalue weighted by Crippen LogP contribution is 2.38. The van der Waals surface area contributed by atoms with Gasteiger partial charge in [-0.1, -0.05) is 115 Å². The van der Waals surface area contributed by atoms with Crippen LogP contribution in [-0.2, 0) is 0 Å². The molecule has 0 bridgehead atoms. The molecule has 0 unspecified atom stereocenters. The minimum atomic E-state index is -0.342. The predicted octanol–water partition coefficient (Wildman–Crippen LogP) is 10.3. The number of rotatable bonds is 4. The summed E-state index contributed by atoms with van der Waals surface area (Å²) in [7, 11) is 0. The summed E-state index contributed by atoms with van der Waals surface area (Å²) in [4.78, 5) is 14.4. The summed E-state index contributed by atoms with van der Waals surface area (Å²) in [5.74, 6) is 0.543. The van der Waals surface area contributed by atoms with Crippen LogP contribution in [0.25, 0.3) is 89.2 Å². The van der Waals surface area contributed by atoms with E-state index in [4.69, 9.17) is 29.3 Å². The molecular weight excluding hydrogens is 542 g/mol. The summed E-state index contributed by atoms with van der Waals surface area (Å²) in [5.41, 5.74) is 3.41. The Morgan fingerprint density at radius 2 is 1.09 bits per heavy atom. The largest absolute Gasteiger partial charge is 0.455 e. The monoisotopic (exact) mass is 571 g/mol. The highest BCUT2D eigenvalue weighted by atomic mass is 16.3. The molecule has 0 atom stereocenters. The molecule has 0 radical (unpaired) electrons. The van der Waals surface area contributed by atoms with E-state index in [1.165, 1.54) is 0 Å². The van der Waals surface area contributed by atoms with Crippen LogP contribution in [-0.4, -0.2) is 15.0 Å². The van der Waals surface area contributed by atoms with Crippen molar-refractivity contribution >= 4 is 43.9 Å². The number of aromatic nitrogens is 3. The number of furan rings is 2. The summed E-state index contributed by atoms with van der Waals surface area (Å²) in [5, 5.41) is 1.98. The molecule has 206 valence electrons. The molecule has 0 fully saturated rings. The topological polar surface area (TPSA) is 65.0 Å². The first kappa shape index (κ1) is 19.2. The molecule has 5 nitrogen and oxygen atoms in total. The highest BCUT2D eigenvalue weighted by molar-refractivity contribution is 6.11. The SMILES string of the molecule is [2H]c1c([2H])c([2H])c2c(oc3c([2H])c(-c4nc(-c5ccccc5)nc(-c5cccc6c5oc5ccccc56)n4)c([2H])c([2H])c32)c1-c1ccccc1. The van der Waals surface area contributed by atoms with E-state index in [0.29, 0.717) is 33.7 Å². The van der Waals surface area contributed by atoms with Gasteiger partial charge in [0, 0.05) is 38.2 Å². The van der Waals surface area contributed by atoms with Crippen LogP contribution in [0.5, 0.6) is 0 Å².